The summed E-state index contributed by atoms with van der Waals surface area (Å²) in [4.78, 5) is 4.62. The maximum absolute atomic E-state index is 5.90. The molecule has 0 aliphatic rings. The first-order valence-electron chi connectivity index (χ1n) is 5.46. The molecule has 84 valence electrons. The Balaban J connectivity index is 2.21. The Bertz CT molecular complexity index is 632. The summed E-state index contributed by atoms with van der Waals surface area (Å²) in [7, 11) is 0. The van der Waals surface area contributed by atoms with Crippen LogP contribution in [0, 0.1) is 6.92 Å². The Morgan fingerprint density at radius 2 is 1.88 bits per heavy atom. The molecule has 2 aromatic carbocycles. The van der Waals surface area contributed by atoms with Gasteiger partial charge in [-0.25, -0.2) is 4.98 Å². The molecule has 0 aliphatic carbocycles. The maximum Gasteiger partial charge on any atom is 0.124 e. The number of nitrogens with zero attached hydrogens (tertiary/aromatic N) is 1. The van der Waals surface area contributed by atoms with Crippen molar-refractivity contribution in [2.45, 2.75) is 6.92 Å². The Labute approximate surface area is 104 Å². The predicted molar refractivity (Wildman–Crippen MR) is 74.2 cm³/mol. The van der Waals surface area contributed by atoms with Crippen LogP contribution in [0.2, 0.25) is 0 Å². The van der Waals surface area contributed by atoms with E-state index in [0.29, 0.717) is 0 Å². The second-order valence-corrected chi connectivity index (χ2v) is 5.09. The normalized spacial score (nSPS) is 10.9. The quantitative estimate of drug-likeness (QED) is 0.656. The minimum atomic E-state index is 0.808. The summed E-state index contributed by atoms with van der Waals surface area (Å²) in [5, 5.41) is 1.05. The fraction of sp³-hybridized carbons (Fsp3) is 0.0714. The van der Waals surface area contributed by atoms with Crippen LogP contribution in [-0.2, 0) is 0 Å². The number of nitrogens with two attached hydrogens (primary N) is 1. The van der Waals surface area contributed by atoms with Crippen molar-refractivity contribution >= 4 is 27.2 Å². The van der Waals surface area contributed by atoms with E-state index in [1.165, 1.54) is 4.70 Å². The predicted octanol–water partition coefficient (Wildman–Crippen LogP) is 3.85. The number of nitrogen functional groups attached to an aromatic ring is 1. The van der Waals surface area contributed by atoms with Crippen LogP contribution in [-0.4, -0.2) is 4.98 Å². The molecule has 0 atom stereocenters. The number of benzene rings is 2. The number of rotatable bonds is 1. The fourth-order valence-electron chi connectivity index (χ4n) is 1.80. The lowest BCUT2D eigenvalue weighted by molar-refractivity contribution is 1.45. The average Bonchev–Trinajstić information content (AvgIpc) is 2.74. The Kier molecular flexibility index (Phi) is 2.34. The Morgan fingerprint density at radius 1 is 1.12 bits per heavy atom. The average molecular weight is 240 g/mol. The van der Waals surface area contributed by atoms with Gasteiger partial charge in [-0.1, -0.05) is 30.3 Å². The van der Waals surface area contributed by atoms with Crippen molar-refractivity contribution in [1.82, 2.24) is 4.98 Å². The summed E-state index contributed by atoms with van der Waals surface area (Å²) in [6, 6.07) is 14.3. The van der Waals surface area contributed by atoms with Crippen LogP contribution in [0.5, 0.6) is 0 Å². The highest BCUT2D eigenvalue weighted by Gasteiger charge is 2.07. The molecule has 3 rings (SSSR count). The van der Waals surface area contributed by atoms with Gasteiger partial charge in [-0.05, 0) is 24.6 Å². The van der Waals surface area contributed by atoms with Crippen LogP contribution in [0.3, 0.4) is 0 Å². The second-order valence-electron chi connectivity index (χ2n) is 4.06. The van der Waals surface area contributed by atoms with E-state index >= 15 is 0 Å². The number of thiazole rings is 1. The van der Waals surface area contributed by atoms with E-state index in [-0.39, 0.29) is 0 Å². The van der Waals surface area contributed by atoms with Crippen LogP contribution in [0.15, 0.2) is 42.5 Å². The topological polar surface area (TPSA) is 38.9 Å². The van der Waals surface area contributed by atoms with Crippen molar-refractivity contribution in [2.75, 3.05) is 5.73 Å². The van der Waals surface area contributed by atoms with Gasteiger partial charge in [0, 0.05) is 11.3 Å². The fourth-order valence-corrected chi connectivity index (χ4v) is 2.85. The molecule has 0 bridgehead atoms. The summed E-state index contributed by atoms with van der Waals surface area (Å²) in [6.45, 7) is 2.02. The highest BCUT2D eigenvalue weighted by atomic mass is 32.1. The number of fused-ring (bicyclic) bond motifs is 1. The summed E-state index contributed by atoms with van der Waals surface area (Å²) >= 11 is 1.71. The lowest BCUT2D eigenvalue weighted by atomic mass is 10.2. The van der Waals surface area contributed by atoms with E-state index in [1.54, 1.807) is 11.3 Å². The van der Waals surface area contributed by atoms with Crippen molar-refractivity contribution in [3.05, 3.63) is 48.0 Å². The standard InChI is InChI=1S/C14H12N2S/c1-9-7-13-12(8-11(9)15)16-14(17-13)10-5-3-2-4-6-10/h2-8H,15H2,1H3. The molecular formula is C14H12N2S. The van der Waals surface area contributed by atoms with Gasteiger partial charge < -0.3 is 5.73 Å². The zero-order valence-electron chi connectivity index (χ0n) is 9.47. The zero-order chi connectivity index (χ0) is 11.8. The minimum Gasteiger partial charge on any atom is -0.398 e. The third-order valence-electron chi connectivity index (χ3n) is 2.80. The van der Waals surface area contributed by atoms with Gasteiger partial charge in [0.05, 0.1) is 10.2 Å². The van der Waals surface area contributed by atoms with Gasteiger partial charge in [0.15, 0.2) is 0 Å². The smallest absolute Gasteiger partial charge is 0.124 e. The SMILES string of the molecule is Cc1cc2sc(-c3ccccc3)nc2cc1N. The first-order chi connectivity index (χ1) is 8.24. The summed E-state index contributed by atoms with van der Waals surface area (Å²) < 4.78 is 1.19. The molecule has 2 N–H and O–H groups in total. The summed E-state index contributed by atoms with van der Waals surface area (Å²) in [5.74, 6) is 0. The number of aryl methyl sites for hydroxylation is 1. The van der Waals surface area contributed by atoms with E-state index in [1.807, 2.05) is 31.2 Å². The second kappa shape index (κ2) is 3.86. The van der Waals surface area contributed by atoms with Crippen LogP contribution < -0.4 is 5.73 Å². The maximum atomic E-state index is 5.90. The molecule has 0 radical (unpaired) electrons. The molecule has 2 nitrogen and oxygen atoms in total. The monoisotopic (exact) mass is 240 g/mol. The molecule has 0 unspecified atom stereocenters. The first kappa shape index (κ1) is 10.3. The molecule has 0 fully saturated rings. The van der Waals surface area contributed by atoms with Crippen molar-refractivity contribution in [1.29, 1.82) is 0 Å². The van der Waals surface area contributed by atoms with Crippen molar-refractivity contribution < 1.29 is 0 Å². The van der Waals surface area contributed by atoms with Crippen LogP contribution in [0.25, 0.3) is 20.8 Å². The molecule has 0 amide bonds. The molecule has 0 spiro atoms. The Hall–Kier alpha value is -1.87. The number of aromatic nitrogens is 1. The molecule has 0 aliphatic heterocycles. The first-order valence-corrected chi connectivity index (χ1v) is 6.28. The third-order valence-corrected chi connectivity index (χ3v) is 3.86. The highest BCUT2D eigenvalue weighted by molar-refractivity contribution is 7.21. The molecular weight excluding hydrogens is 228 g/mol. The van der Waals surface area contributed by atoms with Gasteiger partial charge in [-0.2, -0.15) is 0 Å². The van der Waals surface area contributed by atoms with Gasteiger partial charge in [0.2, 0.25) is 0 Å². The molecule has 3 heteroatoms. The van der Waals surface area contributed by atoms with Crippen LogP contribution >= 0.6 is 11.3 Å². The number of anilines is 1. The van der Waals surface area contributed by atoms with E-state index in [9.17, 15) is 0 Å². The van der Waals surface area contributed by atoms with Crippen molar-refractivity contribution in [3.8, 4) is 10.6 Å². The van der Waals surface area contributed by atoms with E-state index in [4.69, 9.17) is 5.73 Å². The van der Waals surface area contributed by atoms with Gasteiger partial charge >= 0.3 is 0 Å². The molecule has 1 aromatic heterocycles. The summed E-state index contributed by atoms with van der Waals surface area (Å²) in [6.07, 6.45) is 0. The van der Waals surface area contributed by atoms with E-state index in [2.05, 4.69) is 23.2 Å². The van der Waals surface area contributed by atoms with Gasteiger partial charge in [0.25, 0.3) is 0 Å². The van der Waals surface area contributed by atoms with E-state index < -0.39 is 0 Å². The minimum absolute atomic E-state index is 0.808. The van der Waals surface area contributed by atoms with Crippen molar-refractivity contribution in [3.63, 3.8) is 0 Å². The summed E-state index contributed by atoms with van der Waals surface area (Å²) in [5.41, 5.74) is 9.96. The lowest BCUT2D eigenvalue weighted by Crippen LogP contribution is -1.87. The third kappa shape index (κ3) is 1.78. The van der Waals surface area contributed by atoms with Crippen molar-refractivity contribution in [2.24, 2.45) is 0 Å². The molecule has 0 saturated heterocycles. The molecule has 3 aromatic rings. The Morgan fingerprint density at radius 3 is 2.65 bits per heavy atom. The van der Waals surface area contributed by atoms with Gasteiger partial charge in [0.1, 0.15) is 5.01 Å². The van der Waals surface area contributed by atoms with Crippen LogP contribution in [0.1, 0.15) is 5.56 Å². The molecule has 1 heterocycles. The zero-order valence-corrected chi connectivity index (χ0v) is 10.3. The lowest BCUT2D eigenvalue weighted by Gasteiger charge is -1.97. The van der Waals surface area contributed by atoms with Crippen LogP contribution in [0.4, 0.5) is 5.69 Å². The molecule has 17 heavy (non-hydrogen) atoms. The van der Waals surface area contributed by atoms with Gasteiger partial charge in [-0.15, -0.1) is 11.3 Å². The van der Waals surface area contributed by atoms with E-state index in [0.717, 1.165) is 27.3 Å². The largest absolute Gasteiger partial charge is 0.398 e. The molecule has 0 saturated carbocycles. The highest BCUT2D eigenvalue weighted by Crippen LogP contribution is 2.32. The van der Waals surface area contributed by atoms with Gasteiger partial charge in [-0.3, -0.25) is 0 Å². The number of hydrogen-bond donors (Lipinski definition) is 1. The number of hydrogen-bond acceptors (Lipinski definition) is 3.